The fourth-order valence-electron chi connectivity index (χ4n) is 2.35. The molecule has 0 radical (unpaired) electrons. The molecule has 0 bridgehead atoms. The van der Waals surface area contributed by atoms with Crippen LogP contribution in [0.15, 0.2) is 53.0 Å². The van der Waals surface area contributed by atoms with E-state index >= 15 is 0 Å². The lowest BCUT2D eigenvalue weighted by molar-refractivity contribution is 0.264. The molecular weight excluding hydrogens is 312 g/mol. The highest BCUT2D eigenvalue weighted by molar-refractivity contribution is 9.10. The molecule has 1 nitrogen and oxygen atoms in total. The van der Waals surface area contributed by atoms with Gasteiger partial charge < -0.3 is 5.11 Å². The first kappa shape index (κ1) is 15.3. The van der Waals surface area contributed by atoms with Crippen molar-refractivity contribution >= 4 is 15.9 Å². The molecule has 0 amide bonds. The van der Waals surface area contributed by atoms with Crippen LogP contribution in [-0.2, 0) is 6.42 Å². The molecule has 1 atom stereocenters. The van der Waals surface area contributed by atoms with Gasteiger partial charge in [0.2, 0.25) is 0 Å². The van der Waals surface area contributed by atoms with E-state index in [9.17, 15) is 5.11 Å². The van der Waals surface area contributed by atoms with Gasteiger partial charge in [-0.3, -0.25) is 0 Å². The van der Waals surface area contributed by atoms with Crippen LogP contribution in [-0.4, -0.2) is 11.7 Å². The van der Waals surface area contributed by atoms with Gasteiger partial charge in [0.15, 0.2) is 0 Å². The molecule has 0 aliphatic rings. The molecule has 2 aromatic carbocycles. The van der Waals surface area contributed by atoms with Crippen molar-refractivity contribution in [3.05, 3.63) is 69.7 Å². The summed E-state index contributed by atoms with van der Waals surface area (Å²) in [7, 11) is 0. The zero-order valence-corrected chi connectivity index (χ0v) is 13.6. The SMILES string of the molecule is CC(C)c1ccc(CC(CO)c2ccc(Br)cc2)cc1. The molecule has 2 aromatic rings. The predicted molar refractivity (Wildman–Crippen MR) is 88.2 cm³/mol. The van der Waals surface area contributed by atoms with Crippen LogP contribution >= 0.6 is 15.9 Å². The molecule has 0 fully saturated rings. The number of hydrogen-bond donors (Lipinski definition) is 1. The number of rotatable bonds is 5. The van der Waals surface area contributed by atoms with Gasteiger partial charge in [0.25, 0.3) is 0 Å². The molecule has 0 aromatic heterocycles. The van der Waals surface area contributed by atoms with Crippen molar-refractivity contribution in [2.75, 3.05) is 6.61 Å². The van der Waals surface area contributed by atoms with Crippen molar-refractivity contribution in [1.29, 1.82) is 0 Å². The van der Waals surface area contributed by atoms with E-state index in [0.29, 0.717) is 5.92 Å². The van der Waals surface area contributed by atoms with Crippen LogP contribution in [0.25, 0.3) is 0 Å². The highest BCUT2D eigenvalue weighted by atomic mass is 79.9. The van der Waals surface area contributed by atoms with E-state index in [2.05, 4.69) is 66.2 Å². The maximum atomic E-state index is 9.64. The fourth-order valence-corrected chi connectivity index (χ4v) is 2.61. The summed E-state index contributed by atoms with van der Waals surface area (Å²) in [6, 6.07) is 16.9. The molecule has 0 saturated carbocycles. The summed E-state index contributed by atoms with van der Waals surface area (Å²) in [5.74, 6) is 0.720. The van der Waals surface area contributed by atoms with E-state index < -0.39 is 0 Å². The van der Waals surface area contributed by atoms with Crippen molar-refractivity contribution in [3.8, 4) is 0 Å². The van der Waals surface area contributed by atoms with Crippen molar-refractivity contribution in [3.63, 3.8) is 0 Å². The molecule has 2 heteroatoms. The van der Waals surface area contributed by atoms with E-state index in [0.717, 1.165) is 10.9 Å². The monoisotopic (exact) mass is 332 g/mol. The van der Waals surface area contributed by atoms with Gasteiger partial charge in [-0.2, -0.15) is 0 Å². The maximum absolute atomic E-state index is 9.64. The quantitative estimate of drug-likeness (QED) is 0.826. The third-order valence-corrected chi connectivity index (χ3v) is 4.22. The lowest BCUT2D eigenvalue weighted by Gasteiger charge is -2.15. The predicted octanol–water partition coefficient (Wildman–Crippen LogP) is 4.89. The molecule has 1 N–H and O–H groups in total. The molecule has 0 spiro atoms. The van der Waals surface area contributed by atoms with E-state index in [1.54, 1.807) is 0 Å². The third kappa shape index (κ3) is 3.94. The summed E-state index contributed by atoms with van der Waals surface area (Å²) in [6.45, 7) is 4.58. The lowest BCUT2D eigenvalue weighted by atomic mass is 9.91. The number of hydrogen-bond acceptors (Lipinski definition) is 1. The molecule has 0 aliphatic carbocycles. The van der Waals surface area contributed by atoms with E-state index in [1.165, 1.54) is 16.7 Å². The van der Waals surface area contributed by atoms with E-state index in [4.69, 9.17) is 0 Å². The van der Waals surface area contributed by atoms with Gasteiger partial charge in [-0.1, -0.05) is 66.2 Å². The molecule has 1 unspecified atom stereocenters. The third-order valence-electron chi connectivity index (χ3n) is 3.69. The molecule has 106 valence electrons. The zero-order chi connectivity index (χ0) is 14.5. The Balaban J connectivity index is 2.11. The molecule has 0 aliphatic heterocycles. The first-order valence-corrected chi connectivity index (χ1v) is 7.84. The summed E-state index contributed by atoms with van der Waals surface area (Å²) < 4.78 is 1.07. The molecule has 20 heavy (non-hydrogen) atoms. The van der Waals surface area contributed by atoms with Gasteiger partial charge in [-0.05, 0) is 41.2 Å². The average molecular weight is 333 g/mol. The standard InChI is InChI=1S/C18H21BrO/c1-13(2)15-5-3-14(4-6-15)11-17(12-20)16-7-9-18(19)10-8-16/h3-10,13,17,20H,11-12H2,1-2H3. The normalized spacial score (nSPS) is 12.7. The van der Waals surface area contributed by atoms with Crippen LogP contribution in [0.4, 0.5) is 0 Å². The maximum Gasteiger partial charge on any atom is 0.0502 e. The van der Waals surface area contributed by atoms with Crippen molar-refractivity contribution in [1.82, 2.24) is 0 Å². The van der Waals surface area contributed by atoms with E-state index in [1.807, 2.05) is 12.1 Å². The highest BCUT2D eigenvalue weighted by Crippen LogP contribution is 2.23. The average Bonchev–Trinajstić information content (AvgIpc) is 2.46. The van der Waals surface area contributed by atoms with Gasteiger partial charge >= 0.3 is 0 Å². The Bertz CT molecular complexity index is 528. The highest BCUT2D eigenvalue weighted by Gasteiger charge is 2.11. The first-order chi connectivity index (χ1) is 9.60. The van der Waals surface area contributed by atoms with Gasteiger partial charge in [-0.25, -0.2) is 0 Å². The minimum atomic E-state index is 0.160. The Morgan fingerprint density at radius 1 is 0.900 bits per heavy atom. The second-order valence-electron chi connectivity index (χ2n) is 5.53. The summed E-state index contributed by atoms with van der Waals surface area (Å²) in [6.07, 6.45) is 0.872. The summed E-state index contributed by atoms with van der Waals surface area (Å²) in [4.78, 5) is 0. The number of aliphatic hydroxyl groups excluding tert-OH is 1. The Morgan fingerprint density at radius 2 is 1.45 bits per heavy atom. The van der Waals surface area contributed by atoms with Crippen LogP contribution < -0.4 is 0 Å². The minimum absolute atomic E-state index is 0.160. The van der Waals surface area contributed by atoms with Crippen LogP contribution in [0.1, 0.15) is 42.4 Å². The minimum Gasteiger partial charge on any atom is -0.396 e. The second-order valence-corrected chi connectivity index (χ2v) is 6.45. The molecule has 0 heterocycles. The second kappa shape index (κ2) is 7.05. The lowest BCUT2D eigenvalue weighted by Crippen LogP contribution is -2.07. The number of aliphatic hydroxyl groups is 1. The molecule has 2 rings (SSSR count). The van der Waals surface area contributed by atoms with Crippen LogP contribution in [0.5, 0.6) is 0 Å². The van der Waals surface area contributed by atoms with Gasteiger partial charge in [-0.15, -0.1) is 0 Å². The molecular formula is C18H21BrO. The molecule has 0 saturated heterocycles. The van der Waals surface area contributed by atoms with E-state index in [-0.39, 0.29) is 12.5 Å². The fraction of sp³-hybridized carbons (Fsp3) is 0.333. The number of benzene rings is 2. The van der Waals surface area contributed by atoms with Crippen LogP contribution in [0.3, 0.4) is 0 Å². The summed E-state index contributed by atoms with van der Waals surface area (Å²) >= 11 is 3.44. The first-order valence-electron chi connectivity index (χ1n) is 7.05. The van der Waals surface area contributed by atoms with Gasteiger partial charge in [0.1, 0.15) is 0 Å². The topological polar surface area (TPSA) is 20.2 Å². The largest absolute Gasteiger partial charge is 0.396 e. The van der Waals surface area contributed by atoms with Gasteiger partial charge in [0, 0.05) is 10.4 Å². The van der Waals surface area contributed by atoms with Crippen molar-refractivity contribution < 1.29 is 5.11 Å². The Hall–Kier alpha value is -1.12. The summed E-state index contributed by atoms with van der Waals surface area (Å²) in [5.41, 5.74) is 3.82. The van der Waals surface area contributed by atoms with Crippen molar-refractivity contribution in [2.45, 2.75) is 32.1 Å². The Labute approximate surface area is 129 Å². The van der Waals surface area contributed by atoms with Crippen LogP contribution in [0, 0.1) is 0 Å². The Kier molecular flexibility index (Phi) is 5.38. The zero-order valence-electron chi connectivity index (χ0n) is 12.0. The number of halogens is 1. The Morgan fingerprint density at radius 3 is 1.95 bits per heavy atom. The summed E-state index contributed by atoms with van der Waals surface area (Å²) in [5, 5.41) is 9.64. The van der Waals surface area contributed by atoms with Gasteiger partial charge in [0.05, 0.1) is 6.61 Å². The van der Waals surface area contributed by atoms with Crippen LogP contribution in [0.2, 0.25) is 0 Å². The van der Waals surface area contributed by atoms with Crippen molar-refractivity contribution in [2.24, 2.45) is 0 Å². The smallest absolute Gasteiger partial charge is 0.0502 e.